The minimum Gasteiger partial charge on any atom is -0.472 e. The van der Waals surface area contributed by atoms with E-state index in [0.717, 1.165) is 18.4 Å². The van der Waals surface area contributed by atoms with Crippen molar-refractivity contribution >= 4 is 17.5 Å². The van der Waals surface area contributed by atoms with Crippen molar-refractivity contribution in [3.63, 3.8) is 0 Å². The standard InChI is InChI=1S/C26H30O7/c1-22(2)14-10-15(27)25(5)13(24(14,4)19-16(31-19)17(22)28)6-8-23(3)18(12-7-9-30-11-12)32-21(29)20-26(23,25)33-20/h7,9,11,13-14,16,18-20H,6,8,10H2,1-5H3/t13-,14+,16+,18+,19+,20-,23+,24-,25+,26-/m1/s1. The summed E-state index contributed by atoms with van der Waals surface area (Å²) in [7, 11) is 0. The molecule has 1 aromatic rings. The van der Waals surface area contributed by atoms with E-state index in [1.807, 2.05) is 26.8 Å². The van der Waals surface area contributed by atoms with Gasteiger partial charge in [0.1, 0.15) is 23.6 Å². The summed E-state index contributed by atoms with van der Waals surface area (Å²) in [6, 6.07) is 1.83. The molecular weight excluding hydrogens is 424 g/mol. The molecule has 3 saturated carbocycles. The first kappa shape index (κ1) is 20.4. The maximum Gasteiger partial charge on any atom is 0.339 e. The van der Waals surface area contributed by atoms with Gasteiger partial charge in [0, 0.05) is 28.2 Å². The number of ether oxygens (including phenoxy) is 3. The molecule has 6 fully saturated rings. The molecule has 7 rings (SSSR count). The van der Waals surface area contributed by atoms with E-state index in [9.17, 15) is 14.4 Å². The average molecular weight is 455 g/mol. The summed E-state index contributed by atoms with van der Waals surface area (Å²) in [6.45, 7) is 10.3. The SMILES string of the molecule is CC1(C)C(=O)[C@@H]2O[C@@H]2[C@]2(C)[C@H]3CC[C@@]4(C)[C@H](c5ccoc5)OC(=O)[C@H]5O[C@]54[C@]3(C)C(=O)C[C@@H]12. The van der Waals surface area contributed by atoms with E-state index >= 15 is 0 Å². The molecule has 0 N–H and O–H groups in total. The Labute approximate surface area is 192 Å². The summed E-state index contributed by atoms with van der Waals surface area (Å²) in [4.78, 5) is 40.3. The largest absolute Gasteiger partial charge is 0.472 e. The Morgan fingerprint density at radius 3 is 2.45 bits per heavy atom. The number of epoxide rings is 2. The number of furan rings is 1. The zero-order valence-electron chi connectivity index (χ0n) is 19.7. The average Bonchev–Trinajstić information content (AvgIpc) is 3.66. The van der Waals surface area contributed by atoms with Gasteiger partial charge >= 0.3 is 5.97 Å². The molecule has 4 heterocycles. The molecule has 10 atom stereocenters. The molecule has 1 aromatic heterocycles. The molecule has 0 amide bonds. The minimum absolute atomic E-state index is 0.0485. The lowest BCUT2D eigenvalue weighted by molar-refractivity contribution is -0.219. The Bertz CT molecular complexity index is 1120. The van der Waals surface area contributed by atoms with Gasteiger partial charge in [-0.15, -0.1) is 0 Å². The van der Waals surface area contributed by atoms with Crippen LogP contribution in [0.15, 0.2) is 23.0 Å². The minimum atomic E-state index is -0.929. The lowest BCUT2D eigenvalue weighted by Gasteiger charge is -2.66. The van der Waals surface area contributed by atoms with Crippen LogP contribution >= 0.6 is 0 Å². The third kappa shape index (κ3) is 1.88. The zero-order chi connectivity index (χ0) is 23.3. The summed E-state index contributed by atoms with van der Waals surface area (Å²) in [6.07, 6.45) is 3.20. The Balaban J connectivity index is 1.40. The van der Waals surface area contributed by atoms with E-state index in [1.54, 1.807) is 12.5 Å². The van der Waals surface area contributed by atoms with Crippen molar-refractivity contribution in [1.82, 2.24) is 0 Å². The molecule has 7 heteroatoms. The van der Waals surface area contributed by atoms with Crippen LogP contribution in [0.25, 0.3) is 0 Å². The van der Waals surface area contributed by atoms with Crippen LogP contribution in [-0.4, -0.2) is 41.4 Å². The van der Waals surface area contributed by atoms with E-state index < -0.39 is 40.0 Å². The zero-order valence-corrected chi connectivity index (χ0v) is 19.7. The first-order valence-electron chi connectivity index (χ1n) is 12.1. The lowest BCUT2D eigenvalue weighted by Crippen LogP contribution is -2.73. The van der Waals surface area contributed by atoms with Crippen molar-refractivity contribution in [3.05, 3.63) is 24.2 Å². The van der Waals surface area contributed by atoms with E-state index in [1.165, 1.54) is 0 Å². The van der Waals surface area contributed by atoms with Crippen LogP contribution in [0.3, 0.4) is 0 Å². The van der Waals surface area contributed by atoms with Crippen LogP contribution in [-0.2, 0) is 28.6 Å². The van der Waals surface area contributed by atoms with Crippen LogP contribution in [0.2, 0.25) is 0 Å². The van der Waals surface area contributed by atoms with Gasteiger partial charge in [-0.1, -0.05) is 27.7 Å². The highest BCUT2D eigenvalue weighted by Crippen LogP contribution is 2.80. The second-order valence-electron chi connectivity index (χ2n) is 12.4. The van der Waals surface area contributed by atoms with Gasteiger partial charge < -0.3 is 18.6 Å². The lowest BCUT2D eigenvalue weighted by atomic mass is 9.35. The number of rotatable bonds is 1. The van der Waals surface area contributed by atoms with Crippen molar-refractivity contribution in [3.8, 4) is 0 Å². The fourth-order valence-corrected chi connectivity index (χ4v) is 9.41. The molecule has 0 bridgehead atoms. The molecule has 3 saturated heterocycles. The van der Waals surface area contributed by atoms with E-state index in [0.29, 0.717) is 6.42 Å². The van der Waals surface area contributed by atoms with Crippen molar-refractivity contribution < 1.29 is 33.0 Å². The van der Waals surface area contributed by atoms with Crippen LogP contribution in [0.1, 0.15) is 65.5 Å². The van der Waals surface area contributed by atoms with Gasteiger partial charge in [-0.3, -0.25) is 9.59 Å². The van der Waals surface area contributed by atoms with Gasteiger partial charge in [0.25, 0.3) is 0 Å². The van der Waals surface area contributed by atoms with Crippen LogP contribution < -0.4 is 0 Å². The first-order valence-corrected chi connectivity index (χ1v) is 12.1. The highest BCUT2D eigenvalue weighted by molar-refractivity contribution is 5.97. The smallest absolute Gasteiger partial charge is 0.339 e. The Morgan fingerprint density at radius 1 is 1.00 bits per heavy atom. The van der Waals surface area contributed by atoms with Crippen molar-refractivity contribution in [2.24, 2.45) is 33.5 Å². The predicted molar refractivity (Wildman–Crippen MR) is 113 cm³/mol. The van der Waals surface area contributed by atoms with Gasteiger partial charge in [-0.05, 0) is 37.7 Å². The Kier molecular flexibility index (Phi) is 3.37. The summed E-state index contributed by atoms with van der Waals surface area (Å²) in [5.74, 6) is -0.325. The molecule has 0 aromatic carbocycles. The van der Waals surface area contributed by atoms with Gasteiger partial charge in [-0.2, -0.15) is 0 Å². The van der Waals surface area contributed by atoms with Crippen LogP contribution in [0.5, 0.6) is 0 Å². The van der Waals surface area contributed by atoms with Gasteiger partial charge in [-0.25, -0.2) is 4.79 Å². The number of ketones is 2. The number of fused-ring (bicyclic) bond motifs is 5. The molecule has 3 aliphatic heterocycles. The normalized spacial score (nSPS) is 55.4. The van der Waals surface area contributed by atoms with Crippen molar-refractivity contribution in [1.29, 1.82) is 0 Å². The van der Waals surface area contributed by atoms with E-state index in [4.69, 9.17) is 18.6 Å². The first-order chi connectivity index (χ1) is 15.5. The topological polar surface area (TPSA) is 98.6 Å². The maximum atomic E-state index is 14.2. The number of hydrogen-bond donors (Lipinski definition) is 0. The molecule has 6 aliphatic rings. The molecule has 7 nitrogen and oxygen atoms in total. The van der Waals surface area contributed by atoms with Gasteiger partial charge in [0.15, 0.2) is 11.9 Å². The fourth-order valence-electron chi connectivity index (χ4n) is 9.41. The van der Waals surface area contributed by atoms with E-state index in [-0.39, 0.29) is 41.0 Å². The summed E-state index contributed by atoms with van der Waals surface area (Å²) < 4.78 is 23.6. The van der Waals surface area contributed by atoms with Crippen molar-refractivity contribution in [2.45, 2.75) is 83.9 Å². The molecule has 0 unspecified atom stereocenters. The maximum absolute atomic E-state index is 14.2. The molecular formula is C26H30O7. The number of Topliss-reactive ketones (excluding diaryl/α,β-unsaturated/α-hetero) is 2. The summed E-state index contributed by atoms with van der Waals surface area (Å²) >= 11 is 0. The number of carbonyl (C=O) groups excluding carboxylic acids is 3. The van der Waals surface area contributed by atoms with Gasteiger partial charge in [0.2, 0.25) is 0 Å². The van der Waals surface area contributed by atoms with Crippen molar-refractivity contribution in [2.75, 3.05) is 0 Å². The second-order valence-corrected chi connectivity index (χ2v) is 12.4. The number of carbonyl (C=O) groups is 3. The highest BCUT2D eigenvalue weighted by atomic mass is 16.7. The second kappa shape index (κ2) is 5.46. The van der Waals surface area contributed by atoms with Gasteiger partial charge in [0.05, 0.1) is 24.0 Å². The molecule has 0 radical (unpaired) electrons. The quantitative estimate of drug-likeness (QED) is 0.474. The Hall–Kier alpha value is -1.99. The van der Waals surface area contributed by atoms with Crippen LogP contribution in [0, 0.1) is 33.5 Å². The molecule has 176 valence electrons. The molecule has 33 heavy (non-hydrogen) atoms. The molecule has 1 spiro atoms. The predicted octanol–water partition coefficient (Wildman–Crippen LogP) is 3.41. The number of cyclic esters (lactones) is 1. The summed E-state index contributed by atoms with van der Waals surface area (Å²) in [5, 5.41) is 0. The number of hydrogen-bond acceptors (Lipinski definition) is 7. The third-order valence-corrected chi connectivity index (χ3v) is 11.1. The monoisotopic (exact) mass is 454 g/mol. The van der Waals surface area contributed by atoms with E-state index in [2.05, 4.69) is 13.8 Å². The summed E-state index contributed by atoms with van der Waals surface area (Å²) in [5.41, 5.74) is -2.54. The Morgan fingerprint density at radius 2 is 1.76 bits per heavy atom. The number of esters is 1. The fraction of sp³-hybridized carbons (Fsp3) is 0.731. The van der Waals surface area contributed by atoms with Crippen LogP contribution in [0.4, 0.5) is 0 Å². The third-order valence-electron chi connectivity index (χ3n) is 11.1. The molecule has 3 aliphatic carbocycles. The highest BCUT2D eigenvalue weighted by Gasteiger charge is 2.89.